The molecule has 2 aromatic rings. The number of hydrogen-bond donors (Lipinski definition) is 1. The lowest BCUT2D eigenvalue weighted by Crippen LogP contribution is -2.02. The van der Waals surface area contributed by atoms with Gasteiger partial charge in [-0.1, -0.05) is 27.5 Å². The summed E-state index contributed by atoms with van der Waals surface area (Å²) in [4.78, 5) is 0. The first-order chi connectivity index (χ1) is 9.08. The van der Waals surface area contributed by atoms with Gasteiger partial charge in [-0.3, -0.25) is 0 Å². The van der Waals surface area contributed by atoms with Crippen LogP contribution >= 0.6 is 27.5 Å². The summed E-state index contributed by atoms with van der Waals surface area (Å²) in [6.07, 6.45) is 0. The van der Waals surface area contributed by atoms with Crippen LogP contribution in [0.25, 0.3) is 0 Å². The highest BCUT2D eigenvalue weighted by molar-refractivity contribution is 9.10. The van der Waals surface area contributed by atoms with Crippen LogP contribution in [-0.2, 0) is 6.54 Å². The van der Waals surface area contributed by atoms with E-state index in [0.717, 1.165) is 15.8 Å². The van der Waals surface area contributed by atoms with E-state index < -0.39 is 0 Å². The van der Waals surface area contributed by atoms with Crippen LogP contribution in [0.15, 0.2) is 40.9 Å². The number of halogens is 3. The molecule has 0 spiro atoms. The lowest BCUT2D eigenvalue weighted by atomic mass is 10.2. The second-order valence-electron chi connectivity index (χ2n) is 3.97. The second-order valence-corrected chi connectivity index (χ2v) is 5.32. The molecule has 0 aliphatic heterocycles. The van der Waals surface area contributed by atoms with Gasteiger partial charge in [0.15, 0.2) is 0 Å². The Morgan fingerprint density at radius 3 is 2.74 bits per heavy atom. The lowest BCUT2D eigenvalue weighted by Gasteiger charge is -2.11. The molecule has 2 aromatic carbocycles. The molecule has 0 saturated carbocycles. The van der Waals surface area contributed by atoms with Crippen molar-refractivity contribution < 1.29 is 9.13 Å². The molecule has 1 N–H and O–H groups in total. The van der Waals surface area contributed by atoms with Crippen molar-refractivity contribution in [3.63, 3.8) is 0 Å². The second kappa shape index (κ2) is 6.26. The van der Waals surface area contributed by atoms with E-state index in [0.29, 0.717) is 17.3 Å². The highest BCUT2D eigenvalue weighted by atomic mass is 79.9. The summed E-state index contributed by atoms with van der Waals surface area (Å²) < 4.78 is 19.4. The average molecular weight is 345 g/mol. The molecule has 0 aromatic heterocycles. The summed E-state index contributed by atoms with van der Waals surface area (Å²) in [5.41, 5.74) is 1.60. The summed E-state index contributed by atoms with van der Waals surface area (Å²) in [6, 6.07) is 10.1. The van der Waals surface area contributed by atoms with Crippen molar-refractivity contribution in [2.45, 2.75) is 6.54 Å². The van der Waals surface area contributed by atoms with Crippen molar-refractivity contribution in [3.8, 4) is 5.75 Å². The van der Waals surface area contributed by atoms with Crippen LogP contribution in [0.2, 0.25) is 5.02 Å². The van der Waals surface area contributed by atoms with Gasteiger partial charge in [-0.2, -0.15) is 0 Å². The number of hydrogen-bond acceptors (Lipinski definition) is 2. The van der Waals surface area contributed by atoms with E-state index in [1.165, 1.54) is 12.1 Å². The fourth-order valence-electron chi connectivity index (χ4n) is 1.74. The minimum Gasteiger partial charge on any atom is -0.496 e. The smallest absolute Gasteiger partial charge is 0.126 e. The SMILES string of the molecule is COc1ccc(Br)cc1CNc1cc(F)cc(Cl)c1. The van der Waals surface area contributed by atoms with Gasteiger partial charge in [-0.25, -0.2) is 4.39 Å². The van der Waals surface area contributed by atoms with Crippen LogP contribution in [-0.4, -0.2) is 7.11 Å². The molecule has 0 aliphatic rings. The van der Waals surface area contributed by atoms with Crippen LogP contribution in [0.1, 0.15) is 5.56 Å². The highest BCUT2D eigenvalue weighted by Gasteiger charge is 2.05. The van der Waals surface area contributed by atoms with E-state index in [1.807, 2.05) is 18.2 Å². The molecule has 0 aliphatic carbocycles. The first-order valence-corrected chi connectivity index (χ1v) is 6.78. The van der Waals surface area contributed by atoms with Gasteiger partial charge in [0.1, 0.15) is 11.6 Å². The summed E-state index contributed by atoms with van der Waals surface area (Å²) in [5, 5.41) is 3.48. The van der Waals surface area contributed by atoms with Crippen LogP contribution < -0.4 is 10.1 Å². The summed E-state index contributed by atoms with van der Waals surface area (Å²) in [5.74, 6) is 0.411. The predicted molar refractivity (Wildman–Crippen MR) is 79.4 cm³/mol. The van der Waals surface area contributed by atoms with Crippen molar-refractivity contribution in [1.29, 1.82) is 0 Å². The third kappa shape index (κ3) is 3.85. The van der Waals surface area contributed by atoms with Gasteiger partial charge in [0, 0.05) is 27.3 Å². The topological polar surface area (TPSA) is 21.3 Å². The third-order valence-corrected chi connectivity index (χ3v) is 3.30. The zero-order chi connectivity index (χ0) is 13.8. The van der Waals surface area contributed by atoms with Crippen LogP contribution in [0.3, 0.4) is 0 Å². The van der Waals surface area contributed by atoms with Gasteiger partial charge in [0.2, 0.25) is 0 Å². The monoisotopic (exact) mass is 343 g/mol. The van der Waals surface area contributed by atoms with E-state index in [4.69, 9.17) is 16.3 Å². The number of benzene rings is 2. The first kappa shape index (κ1) is 14.2. The van der Waals surface area contributed by atoms with Crippen LogP contribution in [0, 0.1) is 5.82 Å². The zero-order valence-corrected chi connectivity index (χ0v) is 12.6. The fourth-order valence-corrected chi connectivity index (χ4v) is 2.37. The molecular weight excluding hydrogens is 333 g/mol. The highest BCUT2D eigenvalue weighted by Crippen LogP contribution is 2.25. The molecule has 0 fully saturated rings. The molecule has 2 rings (SSSR count). The molecular formula is C14H12BrClFNO. The predicted octanol–water partition coefficient (Wildman–Crippen LogP) is 4.86. The van der Waals surface area contributed by atoms with Crippen LogP contribution in [0.4, 0.5) is 10.1 Å². The maximum absolute atomic E-state index is 13.2. The molecule has 2 nitrogen and oxygen atoms in total. The molecule has 19 heavy (non-hydrogen) atoms. The number of rotatable bonds is 4. The van der Waals surface area contributed by atoms with Gasteiger partial charge in [-0.15, -0.1) is 0 Å². The van der Waals surface area contributed by atoms with E-state index in [-0.39, 0.29) is 5.82 Å². The van der Waals surface area contributed by atoms with Gasteiger partial charge in [-0.05, 0) is 36.4 Å². The molecule has 0 bridgehead atoms. The Bertz CT molecular complexity index is 571. The van der Waals surface area contributed by atoms with Crippen LogP contribution in [0.5, 0.6) is 5.75 Å². The Labute approximate surface area is 124 Å². The molecule has 0 atom stereocenters. The summed E-state index contributed by atoms with van der Waals surface area (Å²) >= 11 is 9.21. The Morgan fingerprint density at radius 2 is 2.05 bits per heavy atom. The third-order valence-electron chi connectivity index (χ3n) is 2.59. The van der Waals surface area contributed by atoms with E-state index in [9.17, 15) is 4.39 Å². The minimum absolute atomic E-state index is 0.365. The largest absolute Gasteiger partial charge is 0.496 e. The number of anilines is 1. The summed E-state index contributed by atoms with van der Waals surface area (Å²) in [7, 11) is 1.62. The van der Waals surface area contributed by atoms with Gasteiger partial charge in [0.05, 0.1) is 7.11 Å². The van der Waals surface area contributed by atoms with Gasteiger partial charge >= 0.3 is 0 Å². The number of methoxy groups -OCH3 is 1. The normalized spacial score (nSPS) is 10.3. The molecule has 0 unspecified atom stereocenters. The molecule has 0 saturated heterocycles. The van der Waals surface area contributed by atoms with Crippen molar-refractivity contribution in [1.82, 2.24) is 0 Å². The Balaban J connectivity index is 2.16. The molecule has 0 heterocycles. The minimum atomic E-state index is -0.365. The molecule has 100 valence electrons. The molecule has 5 heteroatoms. The molecule has 0 radical (unpaired) electrons. The van der Waals surface area contributed by atoms with Gasteiger partial charge < -0.3 is 10.1 Å². The van der Waals surface area contributed by atoms with E-state index in [2.05, 4.69) is 21.2 Å². The number of nitrogens with one attached hydrogen (secondary N) is 1. The van der Waals surface area contributed by atoms with Crippen molar-refractivity contribution in [2.75, 3.05) is 12.4 Å². The van der Waals surface area contributed by atoms with E-state index in [1.54, 1.807) is 13.2 Å². The maximum Gasteiger partial charge on any atom is 0.126 e. The first-order valence-electron chi connectivity index (χ1n) is 5.61. The fraction of sp³-hybridized carbons (Fsp3) is 0.143. The maximum atomic E-state index is 13.2. The standard InChI is InChI=1S/C14H12BrClFNO/c1-19-14-3-2-10(15)4-9(14)8-18-13-6-11(16)5-12(17)7-13/h2-7,18H,8H2,1H3. The lowest BCUT2D eigenvalue weighted by molar-refractivity contribution is 0.410. The summed E-state index contributed by atoms with van der Waals surface area (Å²) in [6.45, 7) is 0.516. The number of ether oxygens (including phenoxy) is 1. The Hall–Kier alpha value is -1.26. The van der Waals surface area contributed by atoms with E-state index >= 15 is 0 Å². The average Bonchev–Trinajstić information content (AvgIpc) is 2.35. The van der Waals surface area contributed by atoms with Crippen molar-refractivity contribution in [3.05, 3.63) is 57.3 Å². The Kier molecular flexibility index (Phi) is 4.66. The molecule has 0 amide bonds. The zero-order valence-electron chi connectivity index (χ0n) is 10.2. The van der Waals surface area contributed by atoms with Gasteiger partial charge in [0.25, 0.3) is 0 Å². The Morgan fingerprint density at radius 1 is 1.26 bits per heavy atom. The van der Waals surface area contributed by atoms with Crippen molar-refractivity contribution >= 4 is 33.2 Å². The van der Waals surface area contributed by atoms with Crippen molar-refractivity contribution in [2.24, 2.45) is 0 Å². The quantitative estimate of drug-likeness (QED) is 0.855.